The van der Waals surface area contributed by atoms with Crippen LogP contribution >= 0.6 is 0 Å². The molecule has 2 fully saturated rings. The third-order valence-electron chi connectivity index (χ3n) is 8.97. The minimum atomic E-state index is 0.622. The lowest BCUT2D eigenvalue weighted by molar-refractivity contribution is 0.108. The molecule has 28 heavy (non-hydrogen) atoms. The van der Waals surface area contributed by atoms with Crippen molar-refractivity contribution in [2.24, 2.45) is 29.1 Å². The van der Waals surface area contributed by atoms with Crippen LogP contribution in [0.4, 0.5) is 0 Å². The van der Waals surface area contributed by atoms with Crippen molar-refractivity contribution in [3.8, 4) is 0 Å². The van der Waals surface area contributed by atoms with Crippen molar-refractivity contribution >= 4 is 0 Å². The number of allylic oxidation sites excluding steroid dienone is 2. The fourth-order valence-corrected chi connectivity index (χ4v) is 6.41. The summed E-state index contributed by atoms with van der Waals surface area (Å²) in [5.74, 6) is 3.70. The monoisotopic (exact) mass is 387 g/mol. The van der Waals surface area contributed by atoms with Crippen LogP contribution in [0.25, 0.3) is 0 Å². The summed E-state index contributed by atoms with van der Waals surface area (Å²) in [6.45, 7) is 11.0. The molecule has 1 nitrogen and oxygen atoms in total. The molecule has 0 aromatic carbocycles. The van der Waals surface area contributed by atoms with Gasteiger partial charge >= 0.3 is 0 Å². The van der Waals surface area contributed by atoms with E-state index < -0.39 is 0 Å². The minimum absolute atomic E-state index is 0.622. The zero-order valence-corrected chi connectivity index (χ0v) is 19.6. The van der Waals surface area contributed by atoms with Crippen LogP contribution in [0.15, 0.2) is 11.6 Å². The second kappa shape index (κ2) is 10.6. The maximum absolute atomic E-state index is 3.78. The van der Waals surface area contributed by atoms with Gasteiger partial charge in [-0.25, -0.2) is 0 Å². The van der Waals surface area contributed by atoms with Crippen molar-refractivity contribution in [3.63, 3.8) is 0 Å². The van der Waals surface area contributed by atoms with Crippen molar-refractivity contribution in [3.05, 3.63) is 11.6 Å². The van der Waals surface area contributed by atoms with Crippen LogP contribution in [0, 0.1) is 29.1 Å². The van der Waals surface area contributed by atoms with E-state index in [-0.39, 0.29) is 0 Å². The topological polar surface area (TPSA) is 12.0 Å². The number of nitrogens with one attached hydrogen (secondary N) is 1. The molecule has 1 saturated heterocycles. The lowest BCUT2D eigenvalue weighted by Crippen LogP contribution is -2.35. The van der Waals surface area contributed by atoms with E-state index in [1.807, 2.05) is 5.57 Å². The van der Waals surface area contributed by atoms with Crippen LogP contribution in [0.5, 0.6) is 0 Å². The minimum Gasteiger partial charge on any atom is -0.314 e. The second-order valence-corrected chi connectivity index (χ2v) is 11.0. The first kappa shape index (κ1) is 22.4. The molecule has 2 aliphatic carbocycles. The molecular weight excluding hydrogens is 338 g/mol. The Morgan fingerprint density at radius 2 is 1.89 bits per heavy atom. The fraction of sp³-hybridized carbons (Fsp3) is 0.926. The van der Waals surface area contributed by atoms with Crippen molar-refractivity contribution in [2.75, 3.05) is 6.54 Å². The lowest BCUT2D eigenvalue weighted by atomic mass is 9.64. The average Bonchev–Trinajstić information content (AvgIpc) is 3.48. The number of piperidine rings is 1. The summed E-state index contributed by atoms with van der Waals surface area (Å²) < 4.78 is 0. The molecule has 0 radical (unpaired) electrons. The molecule has 4 unspecified atom stereocenters. The van der Waals surface area contributed by atoms with Gasteiger partial charge in [-0.3, -0.25) is 0 Å². The molecule has 0 spiro atoms. The standard InChI is InChI=1S/C27H49N/c1-5-10-22(19-25-13-7-8-18-28-25)11-9-12-24-20-26(24)23-14-16-27(4,17-15-23)21(3)6-2/h20-25,28H,5-19H2,1-4H3. The van der Waals surface area contributed by atoms with E-state index in [2.05, 4.69) is 39.1 Å². The Hall–Kier alpha value is -0.300. The van der Waals surface area contributed by atoms with Gasteiger partial charge in [0.25, 0.3) is 0 Å². The van der Waals surface area contributed by atoms with Gasteiger partial charge in [0.15, 0.2) is 0 Å². The van der Waals surface area contributed by atoms with Gasteiger partial charge in [-0.15, -0.1) is 0 Å². The highest BCUT2D eigenvalue weighted by Gasteiger charge is 2.39. The maximum atomic E-state index is 3.78. The third-order valence-corrected chi connectivity index (χ3v) is 8.97. The van der Waals surface area contributed by atoms with E-state index in [0.29, 0.717) is 5.41 Å². The van der Waals surface area contributed by atoms with Gasteiger partial charge in [-0.05, 0) is 87.0 Å². The lowest BCUT2D eigenvalue weighted by Gasteiger charge is -2.41. The summed E-state index contributed by atoms with van der Waals surface area (Å²) in [6, 6.07) is 0.821. The molecule has 0 amide bonds. The summed E-state index contributed by atoms with van der Waals surface area (Å²) in [6.07, 6.45) is 22.7. The number of rotatable bonds is 11. The van der Waals surface area contributed by atoms with Gasteiger partial charge in [0.05, 0.1) is 0 Å². The van der Waals surface area contributed by atoms with Crippen LogP contribution in [0.3, 0.4) is 0 Å². The molecule has 0 bridgehead atoms. The highest BCUT2D eigenvalue weighted by molar-refractivity contribution is 5.32. The normalized spacial score (nSPS) is 35.3. The van der Waals surface area contributed by atoms with Crippen LogP contribution in [0.2, 0.25) is 0 Å². The smallest absolute Gasteiger partial charge is 0.00697 e. The molecule has 0 aromatic rings. The predicted octanol–water partition coefficient (Wildman–Crippen LogP) is 7.90. The van der Waals surface area contributed by atoms with Crippen LogP contribution < -0.4 is 5.32 Å². The van der Waals surface area contributed by atoms with Gasteiger partial charge in [0.1, 0.15) is 0 Å². The van der Waals surface area contributed by atoms with E-state index in [4.69, 9.17) is 0 Å². The van der Waals surface area contributed by atoms with Gasteiger partial charge in [0.2, 0.25) is 0 Å². The van der Waals surface area contributed by atoms with E-state index >= 15 is 0 Å². The Morgan fingerprint density at radius 3 is 2.54 bits per heavy atom. The molecule has 0 aromatic heterocycles. The van der Waals surface area contributed by atoms with E-state index in [1.54, 1.807) is 0 Å². The van der Waals surface area contributed by atoms with Gasteiger partial charge in [0, 0.05) is 6.04 Å². The molecule has 1 heterocycles. The second-order valence-electron chi connectivity index (χ2n) is 11.0. The Morgan fingerprint density at radius 1 is 1.11 bits per heavy atom. The van der Waals surface area contributed by atoms with E-state index in [9.17, 15) is 0 Å². The molecule has 1 heteroatoms. The van der Waals surface area contributed by atoms with Gasteiger partial charge < -0.3 is 5.32 Å². The molecule has 1 N–H and O–H groups in total. The molecular formula is C27H49N. The molecule has 3 aliphatic rings. The summed E-state index contributed by atoms with van der Waals surface area (Å²) >= 11 is 0. The molecule has 4 atom stereocenters. The van der Waals surface area contributed by atoms with Gasteiger partial charge in [-0.1, -0.05) is 77.9 Å². The SMILES string of the molecule is CCCC(CCCC1C=C1C1CCC(C)(C(C)CC)CC1)CC1CCCCN1. The number of hydrogen-bond acceptors (Lipinski definition) is 1. The molecule has 3 rings (SSSR count). The summed E-state index contributed by atoms with van der Waals surface area (Å²) in [7, 11) is 0. The summed E-state index contributed by atoms with van der Waals surface area (Å²) in [5.41, 5.74) is 2.49. The predicted molar refractivity (Wildman–Crippen MR) is 124 cm³/mol. The van der Waals surface area contributed by atoms with Crippen molar-refractivity contribution in [1.82, 2.24) is 5.32 Å². The molecule has 162 valence electrons. The Kier molecular flexibility index (Phi) is 8.51. The van der Waals surface area contributed by atoms with Crippen LogP contribution in [0.1, 0.15) is 118 Å². The quantitative estimate of drug-likeness (QED) is 0.355. The molecule has 1 aliphatic heterocycles. The Bertz CT molecular complexity index is 478. The van der Waals surface area contributed by atoms with Crippen LogP contribution in [-0.4, -0.2) is 12.6 Å². The third kappa shape index (κ3) is 6.10. The van der Waals surface area contributed by atoms with Crippen molar-refractivity contribution < 1.29 is 0 Å². The van der Waals surface area contributed by atoms with Crippen molar-refractivity contribution in [1.29, 1.82) is 0 Å². The fourth-order valence-electron chi connectivity index (χ4n) is 6.41. The first-order chi connectivity index (χ1) is 13.6. The zero-order chi connectivity index (χ0) is 20.0. The number of hydrogen-bond donors (Lipinski definition) is 1. The van der Waals surface area contributed by atoms with E-state index in [0.717, 1.165) is 29.7 Å². The average molecular weight is 388 g/mol. The summed E-state index contributed by atoms with van der Waals surface area (Å²) in [4.78, 5) is 0. The Balaban J connectivity index is 1.33. The van der Waals surface area contributed by atoms with Crippen LogP contribution in [-0.2, 0) is 0 Å². The zero-order valence-electron chi connectivity index (χ0n) is 19.6. The largest absolute Gasteiger partial charge is 0.314 e. The summed E-state index contributed by atoms with van der Waals surface area (Å²) in [5, 5.41) is 3.78. The van der Waals surface area contributed by atoms with Gasteiger partial charge in [-0.2, -0.15) is 0 Å². The Labute approximate surface area is 176 Å². The van der Waals surface area contributed by atoms with Crippen molar-refractivity contribution in [2.45, 2.75) is 124 Å². The first-order valence-corrected chi connectivity index (χ1v) is 13.0. The van der Waals surface area contributed by atoms with E-state index in [1.165, 1.54) is 96.4 Å². The maximum Gasteiger partial charge on any atom is 0.00697 e. The highest BCUT2D eigenvalue weighted by atomic mass is 14.9. The molecule has 1 saturated carbocycles. The highest BCUT2D eigenvalue weighted by Crippen LogP contribution is 2.51. The first-order valence-electron chi connectivity index (χ1n) is 13.0.